The van der Waals surface area contributed by atoms with Gasteiger partial charge in [-0.1, -0.05) is 0 Å². The molecule has 0 saturated heterocycles. The fourth-order valence-electron chi connectivity index (χ4n) is 0.644. The Labute approximate surface area is 78.5 Å². The Balaban J connectivity index is 3.62. The highest BCUT2D eigenvalue weighted by molar-refractivity contribution is 7.89. The maximum Gasteiger partial charge on any atom is 0.307 e. The summed E-state index contributed by atoms with van der Waals surface area (Å²) in [6, 6.07) is 0. The van der Waals surface area contributed by atoms with E-state index in [-0.39, 0.29) is 24.7 Å². The van der Waals surface area contributed by atoms with Crippen molar-refractivity contribution in [2.45, 2.75) is 20.3 Å². The van der Waals surface area contributed by atoms with Crippen LogP contribution >= 0.6 is 0 Å². The maximum absolute atomic E-state index is 10.9. The highest BCUT2D eigenvalue weighted by atomic mass is 32.2. The highest BCUT2D eigenvalue weighted by Crippen LogP contribution is 1.87. The van der Waals surface area contributed by atoms with Crippen molar-refractivity contribution < 1.29 is 17.9 Å². The van der Waals surface area contributed by atoms with Gasteiger partial charge in [0.25, 0.3) is 0 Å². The van der Waals surface area contributed by atoms with E-state index in [2.05, 4.69) is 9.46 Å². The van der Waals surface area contributed by atoms with E-state index in [0.717, 1.165) is 0 Å². The second-order valence-corrected chi connectivity index (χ2v) is 4.45. The number of ether oxygens (including phenoxy) is 1. The summed E-state index contributed by atoms with van der Waals surface area (Å²) in [5.74, 6) is -0.364. The summed E-state index contributed by atoms with van der Waals surface area (Å²) in [5.41, 5.74) is 0. The summed E-state index contributed by atoms with van der Waals surface area (Å²) in [6.07, 6.45) is 0.0765. The average molecular weight is 209 g/mol. The number of sulfonamides is 1. The molecule has 5 nitrogen and oxygen atoms in total. The third-order valence-corrected chi connectivity index (χ3v) is 2.74. The molecule has 6 heteroatoms. The molecule has 0 rings (SSSR count). The normalized spacial score (nSPS) is 11.2. The second-order valence-electron chi connectivity index (χ2n) is 2.35. The standard InChI is InChI=1S/C7H15NO4S/c1-3-12-7(9)5-6-8-13(10,11)4-2/h8H,3-6H2,1-2H3. The zero-order valence-electron chi connectivity index (χ0n) is 7.87. The molecule has 0 aromatic carbocycles. The first kappa shape index (κ1) is 12.4. The number of hydrogen-bond acceptors (Lipinski definition) is 4. The summed E-state index contributed by atoms with van der Waals surface area (Å²) in [6.45, 7) is 3.66. The molecule has 78 valence electrons. The van der Waals surface area contributed by atoms with Crippen LogP contribution in [0.15, 0.2) is 0 Å². The van der Waals surface area contributed by atoms with E-state index < -0.39 is 10.0 Å². The monoisotopic (exact) mass is 209 g/mol. The molecule has 0 radical (unpaired) electrons. The Kier molecular flexibility index (Phi) is 5.65. The number of hydrogen-bond donors (Lipinski definition) is 1. The van der Waals surface area contributed by atoms with E-state index in [9.17, 15) is 13.2 Å². The minimum absolute atomic E-state index is 0.0236. The van der Waals surface area contributed by atoms with Gasteiger partial charge >= 0.3 is 5.97 Å². The van der Waals surface area contributed by atoms with Crippen molar-refractivity contribution in [3.05, 3.63) is 0 Å². The van der Waals surface area contributed by atoms with Crippen LogP contribution in [-0.4, -0.2) is 33.3 Å². The van der Waals surface area contributed by atoms with Gasteiger partial charge in [0.15, 0.2) is 0 Å². The lowest BCUT2D eigenvalue weighted by Crippen LogP contribution is -2.28. The predicted octanol–water partition coefficient (Wildman–Crippen LogP) is -0.121. The van der Waals surface area contributed by atoms with Crippen LogP contribution in [0.2, 0.25) is 0 Å². The van der Waals surface area contributed by atoms with Gasteiger partial charge in [0.2, 0.25) is 10.0 Å². The molecular weight excluding hydrogens is 194 g/mol. The lowest BCUT2D eigenvalue weighted by atomic mass is 10.4. The van der Waals surface area contributed by atoms with Crippen LogP contribution in [0.1, 0.15) is 20.3 Å². The van der Waals surface area contributed by atoms with Crippen molar-refractivity contribution in [1.29, 1.82) is 0 Å². The van der Waals surface area contributed by atoms with Crippen molar-refractivity contribution in [2.75, 3.05) is 18.9 Å². The van der Waals surface area contributed by atoms with Crippen LogP contribution in [0.25, 0.3) is 0 Å². The van der Waals surface area contributed by atoms with Crippen molar-refractivity contribution in [1.82, 2.24) is 4.72 Å². The summed E-state index contributed by atoms with van der Waals surface area (Å²) in [5, 5.41) is 0. The highest BCUT2D eigenvalue weighted by Gasteiger charge is 2.07. The van der Waals surface area contributed by atoms with Crippen LogP contribution in [0.4, 0.5) is 0 Å². The van der Waals surface area contributed by atoms with Gasteiger partial charge in [-0.15, -0.1) is 0 Å². The smallest absolute Gasteiger partial charge is 0.307 e. The van der Waals surface area contributed by atoms with Gasteiger partial charge in [0.1, 0.15) is 0 Å². The number of rotatable bonds is 6. The Bertz CT molecular complexity index is 247. The Morgan fingerprint density at radius 2 is 2.00 bits per heavy atom. The van der Waals surface area contributed by atoms with Crippen LogP contribution in [0.5, 0.6) is 0 Å². The van der Waals surface area contributed by atoms with Gasteiger partial charge in [-0.2, -0.15) is 0 Å². The molecule has 0 bridgehead atoms. The van der Waals surface area contributed by atoms with Crippen LogP contribution in [-0.2, 0) is 19.6 Å². The number of carbonyl (C=O) groups excluding carboxylic acids is 1. The molecule has 0 fully saturated rings. The molecule has 0 atom stereocenters. The fourth-order valence-corrected chi connectivity index (χ4v) is 1.26. The third kappa shape index (κ3) is 6.53. The number of carbonyl (C=O) groups is 1. The first-order valence-electron chi connectivity index (χ1n) is 4.14. The first-order chi connectivity index (χ1) is 6.02. The molecule has 0 unspecified atom stereocenters. The van der Waals surface area contributed by atoms with Crippen molar-refractivity contribution in [3.8, 4) is 0 Å². The Morgan fingerprint density at radius 1 is 1.38 bits per heavy atom. The number of esters is 1. The average Bonchev–Trinajstić information content (AvgIpc) is 2.05. The van der Waals surface area contributed by atoms with Crippen LogP contribution < -0.4 is 4.72 Å². The molecule has 13 heavy (non-hydrogen) atoms. The predicted molar refractivity (Wildman–Crippen MR) is 48.7 cm³/mol. The van der Waals surface area contributed by atoms with E-state index in [1.807, 2.05) is 0 Å². The molecule has 0 aliphatic rings. The second kappa shape index (κ2) is 5.93. The summed E-state index contributed by atoms with van der Waals surface area (Å²) in [4.78, 5) is 10.8. The van der Waals surface area contributed by atoms with Gasteiger partial charge < -0.3 is 4.74 Å². The summed E-state index contributed by atoms with van der Waals surface area (Å²) >= 11 is 0. The van der Waals surface area contributed by atoms with E-state index in [4.69, 9.17) is 0 Å². The van der Waals surface area contributed by atoms with Gasteiger partial charge in [0.05, 0.1) is 18.8 Å². The zero-order chi connectivity index (χ0) is 10.3. The van der Waals surface area contributed by atoms with Crippen molar-refractivity contribution in [3.63, 3.8) is 0 Å². The van der Waals surface area contributed by atoms with E-state index in [1.165, 1.54) is 6.92 Å². The molecule has 0 aliphatic heterocycles. The SMILES string of the molecule is CCOC(=O)CCNS(=O)(=O)CC. The van der Waals surface area contributed by atoms with Gasteiger partial charge in [-0.3, -0.25) is 4.79 Å². The molecule has 1 N–H and O–H groups in total. The fraction of sp³-hybridized carbons (Fsp3) is 0.857. The van der Waals surface area contributed by atoms with Crippen LogP contribution in [0, 0.1) is 0 Å². The van der Waals surface area contributed by atoms with E-state index >= 15 is 0 Å². The van der Waals surface area contributed by atoms with Gasteiger partial charge in [-0.25, -0.2) is 13.1 Å². The third-order valence-electron chi connectivity index (χ3n) is 1.34. The Hall–Kier alpha value is -0.620. The summed E-state index contributed by atoms with van der Waals surface area (Å²) in [7, 11) is -3.19. The number of nitrogens with one attached hydrogen (secondary N) is 1. The largest absolute Gasteiger partial charge is 0.466 e. The summed E-state index contributed by atoms with van der Waals surface area (Å²) < 4.78 is 28.6. The molecule has 0 amide bonds. The molecule has 0 aromatic heterocycles. The minimum Gasteiger partial charge on any atom is -0.466 e. The zero-order valence-corrected chi connectivity index (χ0v) is 8.69. The van der Waals surface area contributed by atoms with E-state index in [0.29, 0.717) is 6.61 Å². The van der Waals surface area contributed by atoms with Crippen molar-refractivity contribution >= 4 is 16.0 Å². The maximum atomic E-state index is 10.9. The molecular formula is C7H15NO4S. The van der Waals surface area contributed by atoms with Crippen LogP contribution in [0.3, 0.4) is 0 Å². The lowest BCUT2D eigenvalue weighted by Gasteiger charge is -2.03. The van der Waals surface area contributed by atoms with Gasteiger partial charge in [-0.05, 0) is 13.8 Å². The molecule has 0 spiro atoms. The topological polar surface area (TPSA) is 72.5 Å². The van der Waals surface area contributed by atoms with E-state index in [1.54, 1.807) is 6.92 Å². The first-order valence-corrected chi connectivity index (χ1v) is 5.80. The van der Waals surface area contributed by atoms with Gasteiger partial charge in [0, 0.05) is 6.54 Å². The minimum atomic E-state index is -3.19. The lowest BCUT2D eigenvalue weighted by molar-refractivity contribution is -0.142. The molecule has 0 saturated carbocycles. The molecule has 0 aliphatic carbocycles. The molecule has 0 aromatic rings. The Morgan fingerprint density at radius 3 is 2.46 bits per heavy atom. The van der Waals surface area contributed by atoms with Crippen molar-refractivity contribution in [2.24, 2.45) is 0 Å². The molecule has 0 heterocycles. The quantitative estimate of drug-likeness (QED) is 0.619.